The standard InChI is InChI=1S/C9H18ClNO/c1-8(6-10)7-11-9(2)4-3-5-12/h6,9,11-12H,3-5,7H2,1-2H3. The van der Waals surface area contributed by atoms with Crippen LogP contribution in [0.2, 0.25) is 0 Å². The van der Waals surface area contributed by atoms with Gasteiger partial charge in [0.15, 0.2) is 0 Å². The third-order valence-electron chi connectivity index (χ3n) is 1.71. The molecule has 3 heteroatoms. The predicted molar refractivity (Wildman–Crippen MR) is 53.4 cm³/mol. The van der Waals surface area contributed by atoms with Crippen LogP contribution in [0.5, 0.6) is 0 Å². The van der Waals surface area contributed by atoms with Crippen LogP contribution in [0.25, 0.3) is 0 Å². The SMILES string of the molecule is CC(=CCl)CNC(C)CCCO. The van der Waals surface area contributed by atoms with Crippen molar-refractivity contribution in [2.75, 3.05) is 13.2 Å². The maximum Gasteiger partial charge on any atom is 0.0431 e. The molecule has 0 saturated heterocycles. The molecule has 0 rings (SSSR count). The van der Waals surface area contributed by atoms with E-state index in [2.05, 4.69) is 12.2 Å². The summed E-state index contributed by atoms with van der Waals surface area (Å²) in [6.45, 7) is 5.20. The smallest absolute Gasteiger partial charge is 0.0431 e. The Bertz CT molecular complexity index is 136. The molecule has 72 valence electrons. The Kier molecular flexibility index (Phi) is 7.56. The largest absolute Gasteiger partial charge is 0.396 e. The van der Waals surface area contributed by atoms with Crippen molar-refractivity contribution < 1.29 is 5.11 Å². The Morgan fingerprint density at radius 1 is 1.67 bits per heavy atom. The summed E-state index contributed by atoms with van der Waals surface area (Å²) in [5.74, 6) is 0. The van der Waals surface area contributed by atoms with Gasteiger partial charge in [-0.25, -0.2) is 0 Å². The van der Waals surface area contributed by atoms with Crippen molar-refractivity contribution in [2.45, 2.75) is 32.7 Å². The number of aliphatic hydroxyl groups excluding tert-OH is 1. The van der Waals surface area contributed by atoms with Crippen LogP contribution < -0.4 is 5.32 Å². The van der Waals surface area contributed by atoms with Crippen LogP contribution in [0.15, 0.2) is 11.1 Å². The van der Waals surface area contributed by atoms with Crippen molar-refractivity contribution in [3.63, 3.8) is 0 Å². The summed E-state index contributed by atoms with van der Waals surface area (Å²) in [5.41, 5.74) is 2.72. The molecule has 0 fully saturated rings. The van der Waals surface area contributed by atoms with Gasteiger partial charge in [-0.2, -0.15) is 0 Å². The molecule has 2 N–H and O–H groups in total. The van der Waals surface area contributed by atoms with Gasteiger partial charge in [0.05, 0.1) is 0 Å². The predicted octanol–water partition coefficient (Wildman–Crippen LogP) is 1.88. The highest BCUT2D eigenvalue weighted by Gasteiger charge is 1.99. The van der Waals surface area contributed by atoms with Gasteiger partial charge in [-0.3, -0.25) is 0 Å². The first-order valence-corrected chi connectivity index (χ1v) is 4.74. The Morgan fingerprint density at radius 3 is 2.83 bits per heavy atom. The summed E-state index contributed by atoms with van der Waals surface area (Å²) < 4.78 is 0. The van der Waals surface area contributed by atoms with E-state index in [-0.39, 0.29) is 6.61 Å². The lowest BCUT2D eigenvalue weighted by Crippen LogP contribution is -2.27. The Labute approximate surface area is 79.6 Å². The van der Waals surface area contributed by atoms with Crippen molar-refractivity contribution in [3.05, 3.63) is 11.1 Å². The Morgan fingerprint density at radius 2 is 2.33 bits per heavy atom. The molecular weight excluding hydrogens is 174 g/mol. The third-order valence-corrected chi connectivity index (χ3v) is 2.08. The molecule has 1 unspecified atom stereocenters. The minimum atomic E-state index is 0.274. The van der Waals surface area contributed by atoms with Crippen LogP contribution in [0.3, 0.4) is 0 Å². The maximum atomic E-state index is 8.58. The number of hydrogen-bond donors (Lipinski definition) is 2. The minimum absolute atomic E-state index is 0.274. The van der Waals surface area contributed by atoms with Crippen molar-refractivity contribution in [3.8, 4) is 0 Å². The van der Waals surface area contributed by atoms with Crippen LogP contribution in [0.1, 0.15) is 26.7 Å². The Balaban J connectivity index is 3.37. The number of halogens is 1. The van der Waals surface area contributed by atoms with E-state index in [0.29, 0.717) is 6.04 Å². The summed E-state index contributed by atoms with van der Waals surface area (Å²) in [5, 5.41) is 11.9. The van der Waals surface area contributed by atoms with E-state index in [1.165, 1.54) is 0 Å². The molecule has 0 saturated carbocycles. The van der Waals surface area contributed by atoms with E-state index in [4.69, 9.17) is 16.7 Å². The molecule has 0 aliphatic rings. The second kappa shape index (κ2) is 7.59. The first-order valence-electron chi connectivity index (χ1n) is 4.30. The van der Waals surface area contributed by atoms with Gasteiger partial charge in [0.1, 0.15) is 0 Å². The maximum absolute atomic E-state index is 8.58. The summed E-state index contributed by atoms with van der Waals surface area (Å²) in [7, 11) is 0. The van der Waals surface area contributed by atoms with Crippen LogP contribution in [-0.4, -0.2) is 24.3 Å². The van der Waals surface area contributed by atoms with Crippen LogP contribution in [0.4, 0.5) is 0 Å². The zero-order valence-corrected chi connectivity index (χ0v) is 8.56. The van der Waals surface area contributed by atoms with E-state index in [1.807, 2.05) is 6.92 Å². The quantitative estimate of drug-likeness (QED) is 0.672. The van der Waals surface area contributed by atoms with Gasteiger partial charge in [0.2, 0.25) is 0 Å². The van der Waals surface area contributed by atoms with Crippen molar-refractivity contribution in [2.24, 2.45) is 0 Å². The third kappa shape index (κ3) is 6.65. The van der Waals surface area contributed by atoms with E-state index >= 15 is 0 Å². The molecule has 12 heavy (non-hydrogen) atoms. The van der Waals surface area contributed by atoms with Crippen molar-refractivity contribution in [1.29, 1.82) is 0 Å². The molecule has 0 aliphatic heterocycles. The van der Waals surface area contributed by atoms with Crippen molar-refractivity contribution in [1.82, 2.24) is 5.32 Å². The second-order valence-electron chi connectivity index (χ2n) is 3.10. The molecule has 0 bridgehead atoms. The summed E-state index contributed by atoms with van der Waals surface area (Å²) >= 11 is 5.50. The molecule has 0 aromatic heterocycles. The average Bonchev–Trinajstić information content (AvgIpc) is 2.10. The fourth-order valence-electron chi connectivity index (χ4n) is 0.873. The average molecular weight is 192 g/mol. The lowest BCUT2D eigenvalue weighted by atomic mass is 10.2. The van der Waals surface area contributed by atoms with Gasteiger partial charge in [-0.05, 0) is 32.3 Å². The molecule has 0 aromatic carbocycles. The highest BCUT2D eigenvalue weighted by molar-refractivity contribution is 6.25. The monoisotopic (exact) mass is 191 g/mol. The molecule has 1 atom stereocenters. The highest BCUT2D eigenvalue weighted by atomic mass is 35.5. The molecule has 0 aliphatic carbocycles. The molecule has 0 heterocycles. The summed E-state index contributed by atoms with van der Waals surface area (Å²) in [6.07, 6.45) is 1.86. The van der Waals surface area contributed by atoms with Crippen molar-refractivity contribution >= 4 is 11.6 Å². The molecule has 0 spiro atoms. The van der Waals surface area contributed by atoms with Gasteiger partial charge >= 0.3 is 0 Å². The lowest BCUT2D eigenvalue weighted by molar-refractivity contribution is 0.277. The van der Waals surface area contributed by atoms with Crippen LogP contribution >= 0.6 is 11.6 Å². The minimum Gasteiger partial charge on any atom is -0.396 e. The highest BCUT2D eigenvalue weighted by Crippen LogP contribution is 1.98. The lowest BCUT2D eigenvalue weighted by Gasteiger charge is -2.12. The van der Waals surface area contributed by atoms with Crippen LogP contribution in [-0.2, 0) is 0 Å². The number of hydrogen-bond acceptors (Lipinski definition) is 2. The zero-order valence-electron chi connectivity index (χ0n) is 7.81. The van der Waals surface area contributed by atoms with E-state index in [1.54, 1.807) is 5.54 Å². The first kappa shape index (κ1) is 11.9. The summed E-state index contributed by atoms with van der Waals surface area (Å²) in [6, 6.07) is 0.448. The molecule has 0 radical (unpaired) electrons. The van der Waals surface area contributed by atoms with Gasteiger partial charge in [0.25, 0.3) is 0 Å². The van der Waals surface area contributed by atoms with Gasteiger partial charge in [-0.15, -0.1) is 0 Å². The fourth-order valence-corrected chi connectivity index (χ4v) is 0.950. The normalized spacial score (nSPS) is 14.8. The second-order valence-corrected chi connectivity index (χ2v) is 3.32. The first-order chi connectivity index (χ1) is 5.70. The number of nitrogens with one attached hydrogen (secondary N) is 1. The van der Waals surface area contributed by atoms with Gasteiger partial charge < -0.3 is 10.4 Å². The van der Waals surface area contributed by atoms with Crippen LogP contribution in [0, 0.1) is 0 Å². The van der Waals surface area contributed by atoms with E-state index < -0.39 is 0 Å². The molecule has 0 amide bonds. The van der Waals surface area contributed by atoms with Gasteiger partial charge in [-0.1, -0.05) is 11.6 Å². The van der Waals surface area contributed by atoms with Gasteiger partial charge in [0, 0.05) is 24.7 Å². The number of aliphatic hydroxyl groups is 1. The fraction of sp³-hybridized carbons (Fsp3) is 0.778. The molecular formula is C9H18ClNO. The summed E-state index contributed by atoms with van der Waals surface area (Å²) in [4.78, 5) is 0. The molecule has 0 aromatic rings. The van der Waals surface area contributed by atoms with E-state index in [9.17, 15) is 0 Å². The number of rotatable bonds is 6. The zero-order chi connectivity index (χ0) is 9.40. The van der Waals surface area contributed by atoms with E-state index in [0.717, 1.165) is 25.0 Å². The molecule has 2 nitrogen and oxygen atoms in total. The Hall–Kier alpha value is -0.0500. The topological polar surface area (TPSA) is 32.3 Å².